The van der Waals surface area contributed by atoms with Gasteiger partial charge in [0.2, 0.25) is 10.0 Å². The van der Waals surface area contributed by atoms with Crippen LogP contribution in [0.1, 0.15) is 26.3 Å². The van der Waals surface area contributed by atoms with E-state index in [4.69, 9.17) is 5.73 Å². The fourth-order valence-electron chi connectivity index (χ4n) is 2.22. The summed E-state index contributed by atoms with van der Waals surface area (Å²) < 4.78 is 41.0. The van der Waals surface area contributed by atoms with Crippen LogP contribution < -0.4 is 10.5 Å². The van der Waals surface area contributed by atoms with Gasteiger partial charge in [-0.25, -0.2) is 17.5 Å². The van der Waals surface area contributed by atoms with Crippen molar-refractivity contribution in [3.8, 4) is 0 Å². The Kier molecular flexibility index (Phi) is 6.73. The lowest BCUT2D eigenvalue weighted by Crippen LogP contribution is -2.42. The third-order valence-electron chi connectivity index (χ3n) is 3.35. The Labute approximate surface area is 126 Å². The molecule has 0 radical (unpaired) electrons. The molecular formula is C14H24FN3O2S. The Morgan fingerprint density at radius 3 is 2.48 bits per heavy atom. The maximum absolute atomic E-state index is 13.7. The van der Waals surface area contributed by atoms with Crippen molar-refractivity contribution in [2.75, 3.05) is 19.6 Å². The fraction of sp³-hybridized carbons (Fsp3) is 0.571. The van der Waals surface area contributed by atoms with Crippen molar-refractivity contribution in [3.63, 3.8) is 0 Å². The fourth-order valence-corrected chi connectivity index (χ4v) is 3.72. The van der Waals surface area contributed by atoms with Gasteiger partial charge in [-0.05, 0) is 32.1 Å². The van der Waals surface area contributed by atoms with Crippen molar-refractivity contribution in [1.82, 2.24) is 9.62 Å². The first-order chi connectivity index (χ1) is 9.85. The molecule has 1 rings (SSSR count). The lowest BCUT2D eigenvalue weighted by Gasteiger charge is -2.23. The molecule has 0 saturated heterocycles. The highest BCUT2D eigenvalue weighted by Crippen LogP contribution is 2.18. The third kappa shape index (κ3) is 4.74. The Morgan fingerprint density at radius 1 is 1.33 bits per heavy atom. The van der Waals surface area contributed by atoms with E-state index in [-0.39, 0.29) is 23.0 Å². The van der Waals surface area contributed by atoms with Crippen LogP contribution in [0.4, 0.5) is 4.39 Å². The number of likely N-dealkylation sites (N-methyl/N-ethyl adjacent to an activating group) is 1. The average molecular weight is 317 g/mol. The zero-order valence-corrected chi connectivity index (χ0v) is 13.6. The van der Waals surface area contributed by atoms with Gasteiger partial charge in [-0.3, -0.25) is 0 Å². The molecule has 0 aromatic heterocycles. The molecule has 1 unspecified atom stereocenters. The van der Waals surface area contributed by atoms with Gasteiger partial charge in [0.15, 0.2) is 0 Å². The van der Waals surface area contributed by atoms with E-state index in [1.165, 1.54) is 18.2 Å². The van der Waals surface area contributed by atoms with Gasteiger partial charge >= 0.3 is 0 Å². The van der Waals surface area contributed by atoms with Crippen molar-refractivity contribution in [1.29, 1.82) is 0 Å². The monoisotopic (exact) mass is 317 g/mol. The molecule has 0 saturated carbocycles. The first kappa shape index (κ1) is 18.0. The summed E-state index contributed by atoms with van der Waals surface area (Å²) in [5, 5.41) is 0. The van der Waals surface area contributed by atoms with Gasteiger partial charge in [-0.15, -0.1) is 0 Å². The van der Waals surface area contributed by atoms with E-state index in [0.29, 0.717) is 6.54 Å². The second-order valence-electron chi connectivity index (χ2n) is 4.93. The summed E-state index contributed by atoms with van der Waals surface area (Å²) in [6.07, 6.45) is 0. The van der Waals surface area contributed by atoms with Crippen LogP contribution >= 0.6 is 0 Å². The van der Waals surface area contributed by atoms with Crippen LogP contribution in [0.3, 0.4) is 0 Å². The zero-order chi connectivity index (χ0) is 16.0. The number of rotatable bonds is 8. The summed E-state index contributed by atoms with van der Waals surface area (Å²) in [5.41, 5.74) is 5.48. The number of nitrogens with two attached hydrogens (primary N) is 1. The first-order valence-electron chi connectivity index (χ1n) is 7.07. The number of hydrogen-bond donors (Lipinski definition) is 2. The van der Waals surface area contributed by atoms with E-state index in [2.05, 4.69) is 9.62 Å². The van der Waals surface area contributed by atoms with Crippen LogP contribution in [0, 0.1) is 5.82 Å². The van der Waals surface area contributed by atoms with Gasteiger partial charge in [-0.1, -0.05) is 19.9 Å². The molecule has 1 aromatic carbocycles. The van der Waals surface area contributed by atoms with Gasteiger partial charge in [0.05, 0.1) is 4.90 Å². The molecule has 0 heterocycles. The number of hydrogen-bond acceptors (Lipinski definition) is 4. The summed E-state index contributed by atoms with van der Waals surface area (Å²) in [6.45, 7) is 7.95. The first-order valence-corrected chi connectivity index (χ1v) is 8.56. The van der Waals surface area contributed by atoms with Gasteiger partial charge in [0, 0.05) is 24.7 Å². The maximum Gasteiger partial charge on any atom is 0.241 e. The molecule has 0 fully saturated rings. The second kappa shape index (κ2) is 7.84. The molecule has 5 nitrogen and oxygen atoms in total. The SMILES string of the molecule is CCN(CC)CC(C)NS(=O)(=O)c1cccc(F)c1CN. The maximum atomic E-state index is 13.7. The number of halogens is 1. The van der Waals surface area contributed by atoms with Crippen LogP contribution in [0.2, 0.25) is 0 Å². The minimum Gasteiger partial charge on any atom is -0.326 e. The highest BCUT2D eigenvalue weighted by atomic mass is 32.2. The molecule has 0 spiro atoms. The molecule has 0 bridgehead atoms. The number of nitrogens with one attached hydrogen (secondary N) is 1. The van der Waals surface area contributed by atoms with E-state index in [0.717, 1.165) is 13.1 Å². The Hall–Kier alpha value is -1.02. The van der Waals surface area contributed by atoms with Crippen molar-refractivity contribution < 1.29 is 12.8 Å². The van der Waals surface area contributed by atoms with Gasteiger partial charge < -0.3 is 10.6 Å². The highest BCUT2D eigenvalue weighted by Gasteiger charge is 2.22. The molecule has 3 N–H and O–H groups in total. The van der Waals surface area contributed by atoms with Crippen LogP contribution in [0.5, 0.6) is 0 Å². The lowest BCUT2D eigenvalue weighted by molar-refractivity contribution is 0.282. The Morgan fingerprint density at radius 2 is 1.95 bits per heavy atom. The Balaban J connectivity index is 2.94. The average Bonchev–Trinajstić information content (AvgIpc) is 2.43. The van der Waals surface area contributed by atoms with E-state index < -0.39 is 15.8 Å². The summed E-state index contributed by atoms with van der Waals surface area (Å²) in [7, 11) is -3.78. The van der Waals surface area contributed by atoms with Crippen LogP contribution in [0.15, 0.2) is 23.1 Å². The Bertz CT molecular complexity index is 559. The summed E-state index contributed by atoms with van der Waals surface area (Å²) >= 11 is 0. The van der Waals surface area contributed by atoms with E-state index in [9.17, 15) is 12.8 Å². The smallest absolute Gasteiger partial charge is 0.241 e. The molecule has 7 heteroatoms. The molecule has 0 aliphatic heterocycles. The molecule has 0 aliphatic carbocycles. The van der Waals surface area contributed by atoms with Crippen molar-refractivity contribution in [3.05, 3.63) is 29.6 Å². The zero-order valence-electron chi connectivity index (χ0n) is 12.8. The largest absolute Gasteiger partial charge is 0.326 e. The van der Waals surface area contributed by atoms with E-state index in [1.54, 1.807) is 6.92 Å². The van der Waals surface area contributed by atoms with Crippen molar-refractivity contribution in [2.24, 2.45) is 5.73 Å². The minimum atomic E-state index is -3.78. The predicted molar refractivity (Wildman–Crippen MR) is 81.9 cm³/mol. The quantitative estimate of drug-likeness (QED) is 0.758. The minimum absolute atomic E-state index is 0.0139. The molecule has 0 aliphatic rings. The standard InChI is InChI=1S/C14H24FN3O2S/c1-4-18(5-2)10-11(3)17-21(19,20)14-8-6-7-13(15)12(14)9-16/h6-8,11,17H,4-5,9-10,16H2,1-3H3. The van der Waals surface area contributed by atoms with Crippen LogP contribution in [0.25, 0.3) is 0 Å². The van der Waals surface area contributed by atoms with Gasteiger partial charge in [0.1, 0.15) is 5.82 Å². The molecule has 0 amide bonds. The normalized spacial score (nSPS) is 13.6. The summed E-state index contributed by atoms with van der Waals surface area (Å²) in [5.74, 6) is -0.600. The van der Waals surface area contributed by atoms with Crippen molar-refractivity contribution in [2.45, 2.75) is 38.3 Å². The predicted octanol–water partition coefficient (Wildman–Crippen LogP) is 1.29. The number of nitrogens with zero attached hydrogens (tertiary/aromatic N) is 1. The lowest BCUT2D eigenvalue weighted by atomic mass is 10.2. The van der Waals surface area contributed by atoms with Gasteiger partial charge in [-0.2, -0.15) is 0 Å². The molecular weight excluding hydrogens is 293 g/mol. The molecule has 1 atom stereocenters. The van der Waals surface area contributed by atoms with E-state index in [1.807, 2.05) is 13.8 Å². The third-order valence-corrected chi connectivity index (χ3v) is 5.03. The topological polar surface area (TPSA) is 75.4 Å². The highest BCUT2D eigenvalue weighted by molar-refractivity contribution is 7.89. The van der Waals surface area contributed by atoms with E-state index >= 15 is 0 Å². The summed E-state index contributed by atoms with van der Waals surface area (Å²) in [6, 6.07) is 3.68. The number of sulfonamides is 1. The summed E-state index contributed by atoms with van der Waals surface area (Å²) in [4.78, 5) is 2.03. The van der Waals surface area contributed by atoms with Crippen molar-refractivity contribution >= 4 is 10.0 Å². The second-order valence-corrected chi connectivity index (χ2v) is 6.61. The molecule has 1 aromatic rings. The van der Waals surface area contributed by atoms with Gasteiger partial charge in [0.25, 0.3) is 0 Å². The number of benzene rings is 1. The van der Waals surface area contributed by atoms with Crippen LogP contribution in [-0.2, 0) is 16.6 Å². The molecule has 120 valence electrons. The van der Waals surface area contributed by atoms with Crippen LogP contribution in [-0.4, -0.2) is 39.0 Å². The molecule has 21 heavy (non-hydrogen) atoms.